The largest absolute Gasteiger partial charge is 0.497 e. The average molecular weight is 348 g/mol. The van der Waals surface area contributed by atoms with Gasteiger partial charge in [-0.15, -0.1) is 0 Å². The van der Waals surface area contributed by atoms with Gasteiger partial charge in [0.1, 0.15) is 11.5 Å². The van der Waals surface area contributed by atoms with Gasteiger partial charge in [0.2, 0.25) is 0 Å². The molecule has 136 valence electrons. The van der Waals surface area contributed by atoms with Crippen molar-refractivity contribution in [3.05, 3.63) is 35.0 Å². The lowest BCUT2D eigenvalue weighted by Gasteiger charge is -2.30. The molecule has 0 unspecified atom stereocenters. The lowest BCUT2D eigenvalue weighted by atomic mass is 9.93. The molecule has 1 heterocycles. The van der Waals surface area contributed by atoms with Crippen LogP contribution in [0.3, 0.4) is 0 Å². The van der Waals surface area contributed by atoms with E-state index in [0.29, 0.717) is 34.8 Å². The lowest BCUT2D eigenvalue weighted by molar-refractivity contribution is -0.139. The molecule has 2 rings (SSSR count). The van der Waals surface area contributed by atoms with Gasteiger partial charge in [0, 0.05) is 11.3 Å². The zero-order chi connectivity index (χ0) is 18.4. The smallest absolute Gasteiger partial charge is 0.338 e. The Hall–Kier alpha value is -2.70. The van der Waals surface area contributed by atoms with Crippen LogP contribution in [0.25, 0.3) is 0 Å². The molecule has 0 spiro atoms. The van der Waals surface area contributed by atoms with Crippen LogP contribution in [0, 0.1) is 0 Å². The number of hydrogen-bond donors (Lipinski definition) is 2. The summed E-state index contributed by atoms with van der Waals surface area (Å²) in [7, 11) is 3.09. The molecule has 1 aromatic rings. The van der Waals surface area contributed by atoms with Crippen LogP contribution in [-0.2, 0) is 9.53 Å². The molecule has 2 N–H and O–H groups in total. The van der Waals surface area contributed by atoms with Crippen molar-refractivity contribution >= 4 is 12.0 Å². The summed E-state index contributed by atoms with van der Waals surface area (Å²) in [5.41, 5.74) is 1.59. The number of allylic oxidation sites excluding steroid dienone is 1. The second-order valence-corrected chi connectivity index (χ2v) is 5.50. The van der Waals surface area contributed by atoms with Crippen LogP contribution in [0.15, 0.2) is 29.5 Å². The van der Waals surface area contributed by atoms with Crippen molar-refractivity contribution in [3.8, 4) is 11.5 Å². The minimum atomic E-state index is -0.681. The third-order valence-electron chi connectivity index (χ3n) is 3.90. The minimum absolute atomic E-state index is 0.248. The number of esters is 1. The number of urea groups is 1. The van der Waals surface area contributed by atoms with Crippen LogP contribution in [0.1, 0.15) is 38.3 Å². The van der Waals surface area contributed by atoms with Gasteiger partial charge >= 0.3 is 12.0 Å². The second kappa shape index (κ2) is 8.41. The fourth-order valence-electron chi connectivity index (χ4n) is 2.81. The summed E-state index contributed by atoms with van der Waals surface area (Å²) < 4.78 is 15.9. The SMILES string of the molecule is CCCC1=C(C(=O)OCC)[C@H](c2cc(OC)ccc2OC)NC(=O)N1. The molecule has 0 saturated heterocycles. The maximum Gasteiger partial charge on any atom is 0.338 e. The van der Waals surface area contributed by atoms with Gasteiger partial charge in [-0.1, -0.05) is 13.3 Å². The number of nitrogens with one attached hydrogen (secondary N) is 2. The molecule has 0 fully saturated rings. The summed E-state index contributed by atoms with van der Waals surface area (Å²) in [4.78, 5) is 24.7. The average Bonchev–Trinajstić information content (AvgIpc) is 2.61. The molecule has 25 heavy (non-hydrogen) atoms. The normalized spacial score (nSPS) is 16.8. The van der Waals surface area contributed by atoms with Gasteiger partial charge in [-0.3, -0.25) is 0 Å². The van der Waals surface area contributed by atoms with Crippen LogP contribution >= 0.6 is 0 Å². The van der Waals surface area contributed by atoms with Gasteiger partial charge in [0.25, 0.3) is 0 Å². The monoisotopic (exact) mass is 348 g/mol. The molecule has 0 aliphatic carbocycles. The third-order valence-corrected chi connectivity index (χ3v) is 3.90. The Kier molecular flexibility index (Phi) is 6.27. The van der Waals surface area contributed by atoms with E-state index < -0.39 is 12.0 Å². The predicted octanol–water partition coefficient (Wildman–Crippen LogP) is 2.68. The van der Waals surface area contributed by atoms with E-state index in [1.165, 1.54) is 7.11 Å². The van der Waals surface area contributed by atoms with Crippen molar-refractivity contribution < 1.29 is 23.8 Å². The molecule has 0 aromatic heterocycles. The topological polar surface area (TPSA) is 85.9 Å². The zero-order valence-electron chi connectivity index (χ0n) is 15.0. The van der Waals surface area contributed by atoms with Gasteiger partial charge in [-0.2, -0.15) is 0 Å². The van der Waals surface area contributed by atoms with Crippen molar-refractivity contribution in [2.75, 3.05) is 20.8 Å². The number of amides is 2. The first-order valence-electron chi connectivity index (χ1n) is 8.25. The molecular formula is C18H24N2O5. The van der Waals surface area contributed by atoms with E-state index in [0.717, 1.165) is 6.42 Å². The van der Waals surface area contributed by atoms with E-state index in [1.807, 2.05) is 6.92 Å². The van der Waals surface area contributed by atoms with Crippen LogP contribution < -0.4 is 20.1 Å². The Balaban J connectivity index is 2.60. The van der Waals surface area contributed by atoms with Gasteiger partial charge in [-0.25, -0.2) is 9.59 Å². The van der Waals surface area contributed by atoms with Crippen molar-refractivity contribution in [1.29, 1.82) is 0 Å². The number of carbonyl (C=O) groups is 2. The van der Waals surface area contributed by atoms with Crippen LogP contribution in [-0.4, -0.2) is 32.8 Å². The summed E-state index contributed by atoms with van der Waals surface area (Å²) in [6.07, 6.45) is 1.34. The van der Waals surface area contributed by atoms with E-state index in [9.17, 15) is 9.59 Å². The highest BCUT2D eigenvalue weighted by molar-refractivity contribution is 5.95. The highest BCUT2D eigenvalue weighted by Crippen LogP contribution is 2.36. The molecule has 1 aliphatic heterocycles. The first-order valence-corrected chi connectivity index (χ1v) is 8.25. The Labute approximate surface area is 147 Å². The highest BCUT2D eigenvalue weighted by atomic mass is 16.5. The zero-order valence-corrected chi connectivity index (χ0v) is 15.0. The predicted molar refractivity (Wildman–Crippen MR) is 92.5 cm³/mol. The molecule has 1 aliphatic rings. The molecule has 0 radical (unpaired) electrons. The van der Waals surface area contributed by atoms with Crippen molar-refractivity contribution in [2.45, 2.75) is 32.7 Å². The summed E-state index contributed by atoms with van der Waals surface area (Å²) >= 11 is 0. The molecule has 2 amide bonds. The number of hydrogen-bond acceptors (Lipinski definition) is 5. The molecule has 7 nitrogen and oxygen atoms in total. The molecule has 0 bridgehead atoms. The second-order valence-electron chi connectivity index (χ2n) is 5.50. The van der Waals surface area contributed by atoms with E-state index in [2.05, 4.69) is 10.6 Å². The van der Waals surface area contributed by atoms with Crippen molar-refractivity contribution in [3.63, 3.8) is 0 Å². The quantitative estimate of drug-likeness (QED) is 0.740. The highest BCUT2D eigenvalue weighted by Gasteiger charge is 2.35. The third kappa shape index (κ3) is 4.04. The lowest BCUT2D eigenvalue weighted by Crippen LogP contribution is -2.46. The number of carbonyl (C=O) groups excluding carboxylic acids is 2. The summed E-state index contributed by atoms with van der Waals surface area (Å²) in [5.74, 6) is 0.683. The standard InChI is InChI=1S/C18H24N2O5/c1-5-7-13-15(17(21)25-6-2)16(20-18(22)19-13)12-10-11(23-3)8-9-14(12)24-4/h8-10,16H,5-7H2,1-4H3,(H2,19,20,22)/t16-/m0/s1. The Morgan fingerprint density at radius 3 is 2.56 bits per heavy atom. The minimum Gasteiger partial charge on any atom is -0.497 e. The van der Waals surface area contributed by atoms with E-state index >= 15 is 0 Å². The van der Waals surface area contributed by atoms with Gasteiger partial charge in [0.15, 0.2) is 0 Å². The molecule has 1 atom stereocenters. The maximum atomic E-state index is 12.6. The van der Waals surface area contributed by atoms with E-state index in [-0.39, 0.29) is 12.6 Å². The Morgan fingerprint density at radius 1 is 1.20 bits per heavy atom. The van der Waals surface area contributed by atoms with Crippen LogP contribution in [0.5, 0.6) is 11.5 Å². The van der Waals surface area contributed by atoms with E-state index in [1.54, 1.807) is 32.2 Å². The van der Waals surface area contributed by atoms with Gasteiger partial charge < -0.3 is 24.8 Å². The summed E-state index contributed by atoms with van der Waals surface area (Å²) in [5, 5.41) is 5.52. The first-order chi connectivity index (χ1) is 12.0. The van der Waals surface area contributed by atoms with Crippen molar-refractivity contribution in [1.82, 2.24) is 10.6 Å². The van der Waals surface area contributed by atoms with Gasteiger partial charge in [-0.05, 0) is 31.5 Å². The molecule has 1 aromatic carbocycles. The first kappa shape index (κ1) is 18.6. The molecular weight excluding hydrogens is 324 g/mol. The fraction of sp³-hybridized carbons (Fsp3) is 0.444. The number of rotatable bonds is 7. The molecule has 0 saturated carbocycles. The number of ether oxygens (including phenoxy) is 3. The number of benzene rings is 1. The van der Waals surface area contributed by atoms with Gasteiger partial charge in [0.05, 0.1) is 32.4 Å². The van der Waals surface area contributed by atoms with Crippen LogP contribution in [0.4, 0.5) is 4.79 Å². The Morgan fingerprint density at radius 2 is 1.96 bits per heavy atom. The summed E-state index contributed by atoms with van der Waals surface area (Å²) in [6, 6.07) is 4.19. The fourth-order valence-corrected chi connectivity index (χ4v) is 2.81. The van der Waals surface area contributed by atoms with Crippen LogP contribution in [0.2, 0.25) is 0 Å². The van der Waals surface area contributed by atoms with E-state index in [4.69, 9.17) is 14.2 Å². The summed E-state index contributed by atoms with van der Waals surface area (Å²) in [6.45, 7) is 3.97. The number of methoxy groups -OCH3 is 2. The Bertz CT molecular complexity index is 684. The van der Waals surface area contributed by atoms with Crippen molar-refractivity contribution in [2.24, 2.45) is 0 Å². The molecule has 7 heteroatoms. The maximum absolute atomic E-state index is 12.6.